The van der Waals surface area contributed by atoms with Crippen molar-refractivity contribution < 1.29 is 13.2 Å². The zero-order valence-corrected chi connectivity index (χ0v) is 15.9. The summed E-state index contributed by atoms with van der Waals surface area (Å²) in [7, 11) is -3.55. The molecule has 0 unspecified atom stereocenters. The van der Waals surface area contributed by atoms with Crippen LogP contribution in [0.5, 0.6) is 0 Å². The van der Waals surface area contributed by atoms with Gasteiger partial charge in [0.25, 0.3) is 0 Å². The molecule has 144 valence electrons. The average molecular weight is 388 g/mol. The highest BCUT2D eigenvalue weighted by atomic mass is 32.2. The van der Waals surface area contributed by atoms with Crippen LogP contribution < -0.4 is 10.6 Å². The number of carbonyl (C=O) groups excluding carboxylic acids is 1. The van der Waals surface area contributed by atoms with Crippen LogP contribution in [0, 0.1) is 0 Å². The van der Waals surface area contributed by atoms with E-state index >= 15 is 0 Å². The third-order valence-electron chi connectivity index (χ3n) is 4.47. The number of hydrogen-bond acceptors (Lipinski definition) is 4. The summed E-state index contributed by atoms with van der Waals surface area (Å²) in [6.45, 7) is 1.43. The van der Waals surface area contributed by atoms with Gasteiger partial charge in [0, 0.05) is 37.7 Å². The summed E-state index contributed by atoms with van der Waals surface area (Å²) < 4.78 is 27.3. The Morgan fingerprint density at radius 2 is 1.85 bits per heavy atom. The van der Waals surface area contributed by atoms with Crippen LogP contribution in [-0.2, 0) is 16.6 Å². The fourth-order valence-corrected chi connectivity index (χ4v) is 4.59. The Labute approximate surface area is 159 Å². The van der Waals surface area contributed by atoms with Crippen LogP contribution in [0.15, 0.2) is 53.7 Å². The minimum absolute atomic E-state index is 0.203. The largest absolute Gasteiger partial charge is 0.334 e. The van der Waals surface area contributed by atoms with Gasteiger partial charge in [-0.25, -0.2) is 13.2 Å². The molecule has 2 N–H and O–H groups in total. The van der Waals surface area contributed by atoms with Gasteiger partial charge in [0.05, 0.1) is 4.90 Å². The lowest BCUT2D eigenvalue weighted by Crippen LogP contribution is -2.32. The second-order valence-electron chi connectivity index (χ2n) is 6.52. The maximum absolute atomic E-state index is 12.9. The highest BCUT2D eigenvalue weighted by molar-refractivity contribution is 7.89. The summed E-state index contributed by atoms with van der Waals surface area (Å²) in [5, 5.41) is 5.41. The number of nitrogens with zero attached hydrogens (tertiary/aromatic N) is 2. The van der Waals surface area contributed by atoms with Crippen molar-refractivity contribution in [3.8, 4) is 0 Å². The average Bonchev–Trinajstić information content (AvgIpc) is 2.97. The van der Waals surface area contributed by atoms with E-state index in [1.165, 1.54) is 6.07 Å². The second kappa shape index (κ2) is 8.96. The summed E-state index contributed by atoms with van der Waals surface area (Å²) in [5.74, 6) is 0. The summed E-state index contributed by atoms with van der Waals surface area (Å²) in [4.78, 5) is 16.3. The Morgan fingerprint density at radius 3 is 2.56 bits per heavy atom. The van der Waals surface area contributed by atoms with Gasteiger partial charge < -0.3 is 10.6 Å². The number of urea groups is 1. The molecule has 2 amide bonds. The number of sulfonamides is 1. The Kier molecular flexibility index (Phi) is 6.41. The van der Waals surface area contributed by atoms with Crippen molar-refractivity contribution in [3.05, 3.63) is 54.4 Å². The Morgan fingerprint density at radius 1 is 1.07 bits per heavy atom. The molecule has 1 aromatic heterocycles. The molecular formula is C19H24N4O3S. The molecule has 1 aliphatic heterocycles. The van der Waals surface area contributed by atoms with Gasteiger partial charge in [0.2, 0.25) is 10.0 Å². The van der Waals surface area contributed by atoms with E-state index in [0.29, 0.717) is 25.3 Å². The van der Waals surface area contributed by atoms with Crippen molar-refractivity contribution >= 4 is 21.7 Å². The predicted octanol–water partition coefficient (Wildman–Crippen LogP) is 2.97. The highest BCUT2D eigenvalue weighted by Crippen LogP contribution is 2.22. The molecule has 2 heterocycles. The number of rotatable bonds is 5. The van der Waals surface area contributed by atoms with Gasteiger partial charge in [-0.05, 0) is 42.7 Å². The third kappa shape index (κ3) is 5.27. The Hall–Kier alpha value is -2.45. The fraction of sp³-hybridized carbons (Fsp3) is 0.368. The summed E-state index contributed by atoms with van der Waals surface area (Å²) in [6.07, 6.45) is 7.23. The normalized spacial score (nSPS) is 15.7. The molecule has 1 fully saturated rings. The lowest BCUT2D eigenvalue weighted by molar-refractivity contribution is 0.251. The van der Waals surface area contributed by atoms with Crippen molar-refractivity contribution in [1.29, 1.82) is 0 Å². The van der Waals surface area contributed by atoms with Gasteiger partial charge in [-0.3, -0.25) is 4.98 Å². The molecule has 0 spiro atoms. The molecule has 1 aliphatic rings. The van der Waals surface area contributed by atoms with Crippen LogP contribution in [0.3, 0.4) is 0 Å². The number of benzene rings is 1. The van der Waals surface area contributed by atoms with Crippen molar-refractivity contribution in [2.75, 3.05) is 18.4 Å². The maximum atomic E-state index is 12.9. The second-order valence-corrected chi connectivity index (χ2v) is 8.45. The molecule has 0 atom stereocenters. The van der Waals surface area contributed by atoms with Gasteiger partial charge in [-0.2, -0.15) is 4.31 Å². The molecule has 7 nitrogen and oxygen atoms in total. The first-order valence-corrected chi connectivity index (χ1v) is 10.5. The van der Waals surface area contributed by atoms with E-state index in [4.69, 9.17) is 0 Å². The van der Waals surface area contributed by atoms with E-state index in [-0.39, 0.29) is 4.90 Å². The Balaban J connectivity index is 1.65. The van der Waals surface area contributed by atoms with E-state index in [9.17, 15) is 13.2 Å². The lowest BCUT2D eigenvalue weighted by atomic mass is 10.2. The van der Waals surface area contributed by atoms with Crippen LogP contribution in [0.1, 0.15) is 31.2 Å². The highest BCUT2D eigenvalue weighted by Gasteiger charge is 2.25. The molecule has 0 saturated carbocycles. The van der Waals surface area contributed by atoms with Gasteiger partial charge in [0.1, 0.15) is 0 Å². The van der Waals surface area contributed by atoms with Crippen LogP contribution in [0.25, 0.3) is 0 Å². The van der Waals surface area contributed by atoms with Crippen LogP contribution in [0.4, 0.5) is 10.5 Å². The van der Waals surface area contributed by atoms with Gasteiger partial charge >= 0.3 is 6.03 Å². The van der Waals surface area contributed by atoms with Crippen molar-refractivity contribution in [1.82, 2.24) is 14.6 Å². The first-order chi connectivity index (χ1) is 13.1. The van der Waals surface area contributed by atoms with E-state index < -0.39 is 16.1 Å². The number of aromatic nitrogens is 1. The fourth-order valence-electron chi connectivity index (χ4n) is 3.03. The molecule has 1 saturated heterocycles. The third-order valence-corrected chi connectivity index (χ3v) is 6.37. The van der Waals surface area contributed by atoms with Crippen LogP contribution >= 0.6 is 0 Å². The number of anilines is 1. The number of carbonyl (C=O) groups is 1. The van der Waals surface area contributed by atoms with Crippen molar-refractivity contribution in [2.45, 2.75) is 37.1 Å². The minimum atomic E-state index is -3.55. The van der Waals surface area contributed by atoms with Gasteiger partial charge in [0.15, 0.2) is 0 Å². The molecule has 0 bridgehead atoms. The Bertz CT molecular complexity index is 864. The molecular weight excluding hydrogens is 364 g/mol. The SMILES string of the molecule is O=C(NCc1cccnc1)Nc1cccc(S(=O)(=O)N2CCCCCC2)c1. The minimum Gasteiger partial charge on any atom is -0.334 e. The van der Waals surface area contributed by atoms with Crippen molar-refractivity contribution in [2.24, 2.45) is 0 Å². The van der Waals surface area contributed by atoms with Gasteiger partial charge in [-0.1, -0.05) is 25.0 Å². The summed E-state index contributed by atoms with van der Waals surface area (Å²) in [5.41, 5.74) is 1.32. The predicted molar refractivity (Wildman–Crippen MR) is 104 cm³/mol. The number of amides is 2. The van der Waals surface area contributed by atoms with Crippen molar-refractivity contribution in [3.63, 3.8) is 0 Å². The lowest BCUT2D eigenvalue weighted by Gasteiger charge is -2.20. The number of pyridine rings is 1. The standard InChI is InChI=1S/C19H24N4O3S/c24-19(21-15-16-7-6-10-20-14-16)22-17-8-5-9-18(13-17)27(25,26)23-11-3-1-2-4-12-23/h5-10,13-14H,1-4,11-12,15H2,(H2,21,22,24). The van der Waals surface area contributed by atoms with Gasteiger partial charge in [-0.15, -0.1) is 0 Å². The molecule has 27 heavy (non-hydrogen) atoms. The molecule has 8 heteroatoms. The zero-order chi connectivity index (χ0) is 19.1. The van der Waals surface area contributed by atoms with E-state index in [2.05, 4.69) is 15.6 Å². The van der Waals surface area contributed by atoms with Crippen LogP contribution in [-0.4, -0.2) is 36.8 Å². The summed E-state index contributed by atoms with van der Waals surface area (Å²) in [6, 6.07) is 9.64. The number of hydrogen-bond donors (Lipinski definition) is 2. The smallest absolute Gasteiger partial charge is 0.319 e. The molecule has 2 aromatic rings. The molecule has 1 aromatic carbocycles. The monoisotopic (exact) mass is 388 g/mol. The maximum Gasteiger partial charge on any atom is 0.319 e. The topological polar surface area (TPSA) is 91.4 Å². The first-order valence-electron chi connectivity index (χ1n) is 9.10. The van der Waals surface area contributed by atoms with E-state index in [0.717, 1.165) is 31.2 Å². The van der Waals surface area contributed by atoms with Crippen LogP contribution in [0.2, 0.25) is 0 Å². The quantitative estimate of drug-likeness (QED) is 0.824. The molecule has 0 aliphatic carbocycles. The first kappa shape index (κ1) is 19.3. The van der Waals surface area contributed by atoms with E-state index in [1.54, 1.807) is 41.0 Å². The molecule has 3 rings (SSSR count). The zero-order valence-electron chi connectivity index (χ0n) is 15.1. The summed E-state index contributed by atoms with van der Waals surface area (Å²) >= 11 is 0. The molecule has 0 radical (unpaired) electrons. The number of nitrogens with one attached hydrogen (secondary N) is 2. The van der Waals surface area contributed by atoms with E-state index in [1.807, 2.05) is 6.07 Å².